The van der Waals surface area contributed by atoms with E-state index >= 15 is 0 Å². The molecule has 0 radical (unpaired) electrons. The summed E-state index contributed by atoms with van der Waals surface area (Å²) in [6.45, 7) is 3.89. The Labute approximate surface area is 120 Å². The fourth-order valence-electron chi connectivity index (χ4n) is 1.57. The molecule has 0 aliphatic rings. The van der Waals surface area contributed by atoms with Crippen LogP contribution < -0.4 is 5.32 Å². The van der Waals surface area contributed by atoms with E-state index in [2.05, 4.69) is 21.2 Å². The van der Waals surface area contributed by atoms with E-state index in [9.17, 15) is 9.59 Å². The quantitative estimate of drug-likeness (QED) is 0.872. The number of nitrogens with one attached hydrogen (secondary N) is 1. The number of carboxylic acid groups (broad SMARTS) is 1. The van der Waals surface area contributed by atoms with Gasteiger partial charge in [0.25, 0.3) is 0 Å². The molecule has 1 aromatic rings. The van der Waals surface area contributed by atoms with Gasteiger partial charge in [0.15, 0.2) is 0 Å². The van der Waals surface area contributed by atoms with Crippen LogP contribution in [0.1, 0.15) is 20.3 Å². The molecule has 6 heteroatoms. The number of halogens is 1. The zero-order valence-electron chi connectivity index (χ0n) is 10.9. The number of carbonyl (C=O) groups is 2. The number of hydrogen-bond acceptors (Lipinski definition) is 2. The molecule has 0 aliphatic heterocycles. The smallest absolute Gasteiger partial charge is 0.322 e. The van der Waals surface area contributed by atoms with Crippen molar-refractivity contribution >= 4 is 33.6 Å². The van der Waals surface area contributed by atoms with Gasteiger partial charge in [0, 0.05) is 22.7 Å². The van der Waals surface area contributed by atoms with E-state index < -0.39 is 5.97 Å². The molecule has 104 valence electrons. The minimum Gasteiger partial charge on any atom is -0.481 e. The van der Waals surface area contributed by atoms with Crippen LogP contribution in [0.25, 0.3) is 0 Å². The van der Waals surface area contributed by atoms with Gasteiger partial charge in [-0.3, -0.25) is 4.79 Å². The van der Waals surface area contributed by atoms with E-state index in [0.29, 0.717) is 5.69 Å². The number of urea groups is 1. The number of rotatable bonds is 5. The molecule has 0 bridgehead atoms. The van der Waals surface area contributed by atoms with Crippen LogP contribution in [0, 0.1) is 0 Å². The Bertz CT molecular complexity index is 463. The number of aliphatic carboxylic acids is 1. The summed E-state index contributed by atoms with van der Waals surface area (Å²) in [6, 6.07) is 6.88. The van der Waals surface area contributed by atoms with Crippen LogP contribution >= 0.6 is 15.9 Å². The molecule has 0 saturated carbocycles. The third-order valence-corrected chi connectivity index (χ3v) is 3.02. The molecule has 0 aliphatic carbocycles. The highest BCUT2D eigenvalue weighted by Crippen LogP contribution is 2.16. The Hall–Kier alpha value is -1.56. The van der Waals surface area contributed by atoms with Crippen molar-refractivity contribution in [3.8, 4) is 0 Å². The second kappa shape index (κ2) is 7.13. The largest absolute Gasteiger partial charge is 0.481 e. The summed E-state index contributed by atoms with van der Waals surface area (Å²) in [5.41, 5.74) is 0.667. The highest BCUT2D eigenvalue weighted by molar-refractivity contribution is 9.10. The van der Waals surface area contributed by atoms with E-state index in [1.165, 1.54) is 4.90 Å². The van der Waals surface area contributed by atoms with Crippen molar-refractivity contribution in [1.82, 2.24) is 4.90 Å². The average Bonchev–Trinajstić information content (AvgIpc) is 2.28. The van der Waals surface area contributed by atoms with Crippen molar-refractivity contribution in [2.75, 3.05) is 11.9 Å². The average molecular weight is 329 g/mol. The van der Waals surface area contributed by atoms with Crippen molar-refractivity contribution < 1.29 is 14.7 Å². The maximum atomic E-state index is 12.1. The van der Waals surface area contributed by atoms with Crippen molar-refractivity contribution in [3.63, 3.8) is 0 Å². The first kappa shape index (κ1) is 15.5. The second-order valence-corrected chi connectivity index (χ2v) is 5.29. The molecule has 19 heavy (non-hydrogen) atoms. The summed E-state index contributed by atoms with van der Waals surface area (Å²) < 4.78 is 0.868. The molecular formula is C13H17BrN2O3. The normalized spacial score (nSPS) is 10.3. The number of hydrogen-bond donors (Lipinski definition) is 2. The lowest BCUT2D eigenvalue weighted by atomic mass is 10.3. The van der Waals surface area contributed by atoms with E-state index in [-0.39, 0.29) is 25.0 Å². The Balaban J connectivity index is 2.69. The van der Waals surface area contributed by atoms with Gasteiger partial charge in [0.05, 0.1) is 6.42 Å². The molecule has 0 fully saturated rings. The Morgan fingerprint density at radius 3 is 2.63 bits per heavy atom. The monoisotopic (exact) mass is 328 g/mol. The first-order valence-electron chi connectivity index (χ1n) is 5.95. The van der Waals surface area contributed by atoms with Gasteiger partial charge >= 0.3 is 12.0 Å². The lowest BCUT2D eigenvalue weighted by Crippen LogP contribution is -2.41. The molecule has 0 unspecified atom stereocenters. The van der Waals surface area contributed by atoms with Crippen molar-refractivity contribution in [2.45, 2.75) is 26.3 Å². The van der Waals surface area contributed by atoms with Crippen LogP contribution in [0.15, 0.2) is 28.7 Å². The summed E-state index contributed by atoms with van der Waals surface area (Å²) in [5.74, 6) is -0.916. The molecule has 2 N–H and O–H groups in total. The molecule has 0 heterocycles. The molecule has 0 spiro atoms. The van der Waals surface area contributed by atoms with Gasteiger partial charge in [-0.15, -0.1) is 0 Å². The lowest BCUT2D eigenvalue weighted by molar-refractivity contribution is -0.137. The number of benzene rings is 1. The fourth-order valence-corrected chi connectivity index (χ4v) is 1.97. The van der Waals surface area contributed by atoms with Crippen molar-refractivity contribution in [2.24, 2.45) is 0 Å². The number of carboxylic acids is 1. The van der Waals surface area contributed by atoms with Crippen molar-refractivity contribution in [3.05, 3.63) is 28.7 Å². The zero-order valence-corrected chi connectivity index (χ0v) is 12.5. The SMILES string of the molecule is CC(C)N(CCC(=O)O)C(=O)Nc1cccc(Br)c1. The lowest BCUT2D eigenvalue weighted by Gasteiger charge is -2.26. The van der Waals surface area contributed by atoms with E-state index in [4.69, 9.17) is 5.11 Å². The third kappa shape index (κ3) is 5.30. The van der Waals surface area contributed by atoms with Gasteiger partial charge in [-0.25, -0.2) is 4.79 Å². The number of nitrogens with zero attached hydrogens (tertiary/aromatic N) is 1. The van der Waals surface area contributed by atoms with Gasteiger partial charge < -0.3 is 15.3 Å². The predicted octanol–water partition coefficient (Wildman–Crippen LogP) is 3.17. The molecule has 0 saturated heterocycles. The molecule has 5 nitrogen and oxygen atoms in total. The highest BCUT2D eigenvalue weighted by Gasteiger charge is 2.17. The third-order valence-electron chi connectivity index (χ3n) is 2.53. The maximum Gasteiger partial charge on any atom is 0.322 e. The standard InChI is InChI=1S/C13H17BrN2O3/c1-9(2)16(7-6-12(17)18)13(19)15-11-5-3-4-10(14)8-11/h3-5,8-9H,6-7H2,1-2H3,(H,15,19)(H,17,18). The van der Waals surface area contributed by atoms with Gasteiger partial charge in [0.2, 0.25) is 0 Å². The summed E-state index contributed by atoms with van der Waals surface area (Å²) in [4.78, 5) is 24.2. The van der Waals surface area contributed by atoms with E-state index in [1.54, 1.807) is 12.1 Å². The van der Waals surface area contributed by atoms with E-state index in [1.807, 2.05) is 26.0 Å². The summed E-state index contributed by atoms with van der Waals surface area (Å²) in [7, 11) is 0. The van der Waals surface area contributed by atoms with Crippen LogP contribution in [0.5, 0.6) is 0 Å². The zero-order chi connectivity index (χ0) is 14.4. The van der Waals surface area contributed by atoms with Crippen LogP contribution in [0.3, 0.4) is 0 Å². The van der Waals surface area contributed by atoms with Crippen LogP contribution in [0.4, 0.5) is 10.5 Å². The first-order chi connectivity index (χ1) is 8.90. The second-order valence-electron chi connectivity index (χ2n) is 4.37. The van der Waals surface area contributed by atoms with Gasteiger partial charge in [-0.05, 0) is 32.0 Å². The molecule has 1 rings (SSSR count). The van der Waals surface area contributed by atoms with Crippen LogP contribution in [0.2, 0.25) is 0 Å². The van der Waals surface area contributed by atoms with Crippen LogP contribution in [-0.4, -0.2) is 34.6 Å². The summed E-state index contributed by atoms with van der Waals surface area (Å²) >= 11 is 3.33. The maximum absolute atomic E-state index is 12.1. The highest BCUT2D eigenvalue weighted by atomic mass is 79.9. The molecular weight excluding hydrogens is 312 g/mol. The topological polar surface area (TPSA) is 69.6 Å². The fraction of sp³-hybridized carbons (Fsp3) is 0.385. The number of amides is 2. The van der Waals surface area contributed by atoms with Crippen molar-refractivity contribution in [1.29, 1.82) is 0 Å². The minimum atomic E-state index is -0.916. The predicted molar refractivity (Wildman–Crippen MR) is 77.3 cm³/mol. The minimum absolute atomic E-state index is 0.0634. The number of anilines is 1. The Morgan fingerprint density at radius 2 is 2.11 bits per heavy atom. The Kier molecular flexibility index (Phi) is 5.82. The van der Waals surface area contributed by atoms with E-state index in [0.717, 1.165) is 4.47 Å². The molecule has 0 aromatic heterocycles. The number of carbonyl (C=O) groups excluding carboxylic acids is 1. The van der Waals surface area contributed by atoms with Gasteiger partial charge in [0.1, 0.15) is 0 Å². The van der Waals surface area contributed by atoms with Crippen LogP contribution in [-0.2, 0) is 4.79 Å². The molecule has 1 aromatic carbocycles. The van der Waals surface area contributed by atoms with Gasteiger partial charge in [-0.1, -0.05) is 22.0 Å². The summed E-state index contributed by atoms with van der Waals surface area (Å²) in [5, 5.41) is 11.4. The van der Waals surface area contributed by atoms with Gasteiger partial charge in [-0.2, -0.15) is 0 Å². The first-order valence-corrected chi connectivity index (χ1v) is 6.74. The Morgan fingerprint density at radius 1 is 1.42 bits per heavy atom. The molecule has 2 amide bonds. The summed E-state index contributed by atoms with van der Waals surface area (Å²) in [6.07, 6.45) is -0.0654. The molecule has 0 atom stereocenters.